The Bertz CT molecular complexity index is 1080. The van der Waals surface area contributed by atoms with Crippen LogP contribution in [-0.2, 0) is 11.2 Å². The number of nitrogens with zero attached hydrogens (tertiary/aromatic N) is 1. The molecule has 2 aliphatic rings. The third-order valence-corrected chi connectivity index (χ3v) is 5.77. The van der Waals surface area contributed by atoms with Gasteiger partial charge in [0.1, 0.15) is 5.82 Å². The molecular weight excluding hydrogens is 423 g/mol. The van der Waals surface area contributed by atoms with Gasteiger partial charge in [0.2, 0.25) is 0 Å². The highest BCUT2D eigenvalue weighted by atomic mass is 19.1. The number of aryl methyl sites for hydroxylation is 1. The van der Waals surface area contributed by atoms with E-state index in [1.807, 2.05) is 18.2 Å². The second-order valence-corrected chi connectivity index (χ2v) is 8.04. The van der Waals surface area contributed by atoms with Crippen LogP contribution in [0.3, 0.4) is 0 Å². The molecule has 1 N–H and O–H groups in total. The zero-order valence-electron chi connectivity index (χ0n) is 18.1. The Hall–Kier alpha value is -3.74. The molecule has 0 radical (unpaired) electrons. The Balaban J connectivity index is 1.30. The van der Waals surface area contributed by atoms with E-state index in [2.05, 4.69) is 17.4 Å². The van der Waals surface area contributed by atoms with E-state index in [1.165, 1.54) is 29.8 Å². The van der Waals surface area contributed by atoms with E-state index in [-0.39, 0.29) is 5.78 Å². The van der Waals surface area contributed by atoms with Crippen LogP contribution in [0, 0.1) is 11.7 Å². The van der Waals surface area contributed by atoms with Crippen molar-refractivity contribution < 1.29 is 23.5 Å². The van der Waals surface area contributed by atoms with Crippen molar-refractivity contribution in [2.24, 2.45) is 5.92 Å². The van der Waals surface area contributed by atoms with Gasteiger partial charge in [0.15, 0.2) is 11.9 Å². The summed E-state index contributed by atoms with van der Waals surface area (Å²) in [6, 6.07) is 14.8. The first kappa shape index (κ1) is 22.5. The van der Waals surface area contributed by atoms with Gasteiger partial charge in [-0.25, -0.2) is 14.0 Å². The minimum Gasteiger partial charge on any atom is -0.438 e. The van der Waals surface area contributed by atoms with Crippen molar-refractivity contribution in [2.45, 2.75) is 31.8 Å². The number of benzene rings is 2. The fraction of sp³-hybridized carbons (Fsp3) is 0.269. The molecule has 0 spiro atoms. The molecule has 1 heterocycles. The summed E-state index contributed by atoms with van der Waals surface area (Å²) in [7, 11) is 0. The Morgan fingerprint density at radius 3 is 2.52 bits per heavy atom. The van der Waals surface area contributed by atoms with Gasteiger partial charge in [-0.3, -0.25) is 4.79 Å². The van der Waals surface area contributed by atoms with E-state index in [4.69, 9.17) is 4.74 Å². The molecule has 2 aromatic carbocycles. The van der Waals surface area contributed by atoms with Gasteiger partial charge in [-0.05, 0) is 55.2 Å². The molecule has 0 aromatic heterocycles. The second-order valence-electron chi connectivity index (χ2n) is 8.04. The molecule has 2 aromatic rings. The van der Waals surface area contributed by atoms with E-state index in [1.54, 1.807) is 18.2 Å². The maximum Gasteiger partial charge on any atom is 0.423 e. The van der Waals surface area contributed by atoms with Crippen LogP contribution in [0.15, 0.2) is 78.5 Å². The second kappa shape index (κ2) is 10.3. The van der Waals surface area contributed by atoms with Crippen LogP contribution < -0.4 is 5.32 Å². The zero-order valence-corrected chi connectivity index (χ0v) is 18.1. The summed E-state index contributed by atoms with van der Waals surface area (Å²) >= 11 is 0. The smallest absolute Gasteiger partial charge is 0.423 e. The highest BCUT2D eigenvalue weighted by Gasteiger charge is 2.47. The fourth-order valence-corrected chi connectivity index (χ4v) is 4.04. The van der Waals surface area contributed by atoms with Crippen LogP contribution >= 0.6 is 0 Å². The summed E-state index contributed by atoms with van der Waals surface area (Å²) in [5, 5.41) is 2.76. The molecule has 0 saturated carbocycles. The Kier molecular flexibility index (Phi) is 6.98. The molecule has 6 nitrogen and oxygen atoms in total. The molecule has 170 valence electrons. The van der Waals surface area contributed by atoms with E-state index in [0.717, 1.165) is 30.6 Å². The van der Waals surface area contributed by atoms with E-state index in [9.17, 15) is 18.8 Å². The summed E-state index contributed by atoms with van der Waals surface area (Å²) < 4.78 is 18.6. The first-order chi connectivity index (χ1) is 16.0. The lowest BCUT2D eigenvalue weighted by molar-refractivity contribution is 0.0805. The number of rotatable bonds is 8. The lowest BCUT2D eigenvalue weighted by Crippen LogP contribution is -2.41. The molecule has 4 rings (SSSR count). The third kappa shape index (κ3) is 5.19. The van der Waals surface area contributed by atoms with Crippen molar-refractivity contribution in [1.82, 2.24) is 10.2 Å². The van der Waals surface area contributed by atoms with Gasteiger partial charge in [0.05, 0.1) is 11.6 Å². The molecular formula is C26H25FN2O4. The highest BCUT2D eigenvalue weighted by molar-refractivity contribution is 6.02. The number of imide groups is 1. The SMILES string of the molecule is O=C(c1ccc(F)cc1)C1C=CC=C2C1OC(=O)N2C(=O)NCCCCCc1ccccc1. The number of urea groups is 1. The number of hydrogen-bond acceptors (Lipinski definition) is 4. The lowest BCUT2D eigenvalue weighted by Gasteiger charge is -2.22. The van der Waals surface area contributed by atoms with Gasteiger partial charge in [-0.1, -0.05) is 48.9 Å². The maximum atomic E-state index is 13.2. The largest absolute Gasteiger partial charge is 0.438 e. The van der Waals surface area contributed by atoms with Crippen molar-refractivity contribution in [3.05, 3.63) is 95.5 Å². The summed E-state index contributed by atoms with van der Waals surface area (Å²) in [6.45, 7) is 0.434. The van der Waals surface area contributed by atoms with Gasteiger partial charge < -0.3 is 10.1 Å². The topological polar surface area (TPSA) is 75.7 Å². The number of carbonyl (C=O) groups excluding carboxylic acids is 3. The van der Waals surface area contributed by atoms with Crippen molar-refractivity contribution in [2.75, 3.05) is 6.54 Å². The van der Waals surface area contributed by atoms with E-state index >= 15 is 0 Å². The first-order valence-corrected chi connectivity index (χ1v) is 11.1. The number of allylic oxidation sites excluding steroid dienone is 2. The number of hydrogen-bond donors (Lipinski definition) is 1. The number of Topliss-reactive ketones (excluding diaryl/α,β-unsaturated/α-hetero) is 1. The molecule has 2 unspecified atom stereocenters. The molecule has 0 bridgehead atoms. The highest BCUT2D eigenvalue weighted by Crippen LogP contribution is 2.34. The van der Waals surface area contributed by atoms with Gasteiger partial charge in [-0.15, -0.1) is 0 Å². The Labute approximate surface area is 191 Å². The van der Waals surface area contributed by atoms with Crippen molar-refractivity contribution >= 4 is 17.9 Å². The van der Waals surface area contributed by atoms with Gasteiger partial charge in [0, 0.05) is 12.1 Å². The van der Waals surface area contributed by atoms with Crippen LogP contribution in [-0.4, -0.2) is 35.5 Å². The number of ether oxygens (including phenoxy) is 1. The maximum absolute atomic E-state index is 13.2. The molecule has 1 aliphatic heterocycles. The van der Waals surface area contributed by atoms with Crippen LogP contribution in [0.4, 0.5) is 14.0 Å². The summed E-state index contributed by atoms with van der Waals surface area (Å²) in [6.07, 6.45) is 6.88. The quantitative estimate of drug-likeness (QED) is 0.454. The zero-order chi connectivity index (χ0) is 23.2. The van der Waals surface area contributed by atoms with Crippen LogP contribution in [0.2, 0.25) is 0 Å². The number of fused-ring (bicyclic) bond motifs is 1. The molecule has 7 heteroatoms. The standard InChI is InChI=1S/C26H25FN2O4/c27-20-15-13-19(14-16-20)23(30)21-11-7-12-22-24(21)33-26(32)29(22)25(31)28-17-6-2-5-10-18-8-3-1-4-9-18/h1,3-4,7-9,11-16,21,24H,2,5-6,10,17H2,(H,28,31). The average Bonchev–Trinajstić information content (AvgIpc) is 3.17. The predicted molar refractivity (Wildman–Crippen MR) is 121 cm³/mol. The molecule has 3 amide bonds. The number of nitrogens with one attached hydrogen (secondary N) is 1. The van der Waals surface area contributed by atoms with Gasteiger partial charge in [-0.2, -0.15) is 4.90 Å². The van der Waals surface area contributed by atoms with Crippen molar-refractivity contribution in [1.29, 1.82) is 0 Å². The van der Waals surface area contributed by atoms with Crippen molar-refractivity contribution in [3.8, 4) is 0 Å². The Morgan fingerprint density at radius 1 is 1.00 bits per heavy atom. The molecule has 33 heavy (non-hydrogen) atoms. The number of amides is 3. The number of ketones is 1. The van der Waals surface area contributed by atoms with Gasteiger partial charge in [0.25, 0.3) is 0 Å². The van der Waals surface area contributed by atoms with Crippen molar-refractivity contribution in [3.63, 3.8) is 0 Å². The van der Waals surface area contributed by atoms with Crippen LogP contribution in [0.5, 0.6) is 0 Å². The first-order valence-electron chi connectivity index (χ1n) is 11.1. The van der Waals surface area contributed by atoms with Gasteiger partial charge >= 0.3 is 12.1 Å². The summed E-state index contributed by atoms with van der Waals surface area (Å²) in [5.74, 6) is -1.54. The molecule has 1 saturated heterocycles. The lowest BCUT2D eigenvalue weighted by atomic mass is 9.87. The third-order valence-electron chi connectivity index (χ3n) is 5.77. The fourth-order valence-electron chi connectivity index (χ4n) is 4.04. The van der Waals surface area contributed by atoms with Crippen LogP contribution in [0.1, 0.15) is 35.2 Å². The normalized spacial score (nSPS) is 19.0. The summed E-state index contributed by atoms with van der Waals surface area (Å²) in [5.41, 5.74) is 1.92. The minimum atomic E-state index is -0.892. The molecule has 1 aliphatic carbocycles. The van der Waals surface area contributed by atoms with E-state index < -0.39 is 30.0 Å². The number of unbranched alkanes of at least 4 members (excludes halogenated alkanes) is 2. The van der Waals surface area contributed by atoms with Crippen LogP contribution in [0.25, 0.3) is 0 Å². The van der Waals surface area contributed by atoms with E-state index in [0.29, 0.717) is 17.8 Å². The monoisotopic (exact) mass is 448 g/mol. The molecule has 1 fully saturated rings. The minimum absolute atomic E-state index is 0.307. The number of halogens is 1. The molecule has 2 atom stereocenters. The summed E-state index contributed by atoms with van der Waals surface area (Å²) in [4.78, 5) is 39.0. The Morgan fingerprint density at radius 2 is 1.76 bits per heavy atom. The average molecular weight is 448 g/mol. The predicted octanol–water partition coefficient (Wildman–Crippen LogP) is 5.02. The number of carbonyl (C=O) groups is 3.